The predicted octanol–water partition coefficient (Wildman–Crippen LogP) is 3.38. The van der Waals surface area contributed by atoms with Gasteiger partial charge in [0, 0.05) is 25.4 Å². The Hall–Kier alpha value is -2.48. The number of nitrogens with zero attached hydrogens (tertiary/aromatic N) is 2. The maximum Gasteiger partial charge on any atom is 0.289 e. The van der Waals surface area contributed by atoms with Crippen LogP contribution >= 0.6 is 11.3 Å². The molecule has 1 fully saturated rings. The highest BCUT2D eigenvalue weighted by Crippen LogP contribution is 2.38. The van der Waals surface area contributed by atoms with Gasteiger partial charge in [-0.2, -0.15) is 0 Å². The number of carbonyl (C=O) groups is 3. The standard InChI is InChI=1S/C20H23N3O4S/c1-20(2)10-13-16(14(24)11-20)28-19(21-13)22-17(25)12-5-7-23(8-6-12)18(26)15-4-3-9-27-15/h3-4,9,12H,5-8,10-11H2,1-2H3,(H,21,22,25). The Labute approximate surface area is 167 Å². The van der Waals surface area contributed by atoms with Crippen LogP contribution in [0, 0.1) is 11.3 Å². The summed E-state index contributed by atoms with van der Waals surface area (Å²) in [4.78, 5) is 44.2. The zero-order valence-electron chi connectivity index (χ0n) is 16.0. The SMILES string of the molecule is CC1(C)CC(=O)c2sc(NC(=O)C3CCN(C(=O)c4ccco4)CC3)nc2C1. The highest BCUT2D eigenvalue weighted by Gasteiger charge is 2.35. The molecule has 2 aliphatic rings. The van der Waals surface area contributed by atoms with Gasteiger partial charge in [0.15, 0.2) is 16.7 Å². The molecule has 3 heterocycles. The lowest BCUT2D eigenvalue weighted by Crippen LogP contribution is -2.41. The molecule has 7 nitrogen and oxygen atoms in total. The van der Waals surface area contributed by atoms with Gasteiger partial charge in [0.05, 0.1) is 16.8 Å². The highest BCUT2D eigenvalue weighted by molar-refractivity contribution is 7.17. The molecule has 4 rings (SSSR count). The van der Waals surface area contributed by atoms with E-state index in [0.717, 1.165) is 12.1 Å². The Morgan fingerprint density at radius 1 is 1.29 bits per heavy atom. The third kappa shape index (κ3) is 3.73. The van der Waals surface area contributed by atoms with E-state index in [0.29, 0.717) is 48.1 Å². The number of likely N-dealkylation sites (tertiary alicyclic amines) is 1. The smallest absolute Gasteiger partial charge is 0.289 e. The van der Waals surface area contributed by atoms with Gasteiger partial charge in [0.2, 0.25) is 5.91 Å². The van der Waals surface area contributed by atoms with Crippen molar-refractivity contribution in [3.05, 3.63) is 34.7 Å². The lowest BCUT2D eigenvalue weighted by molar-refractivity contribution is -0.121. The molecule has 28 heavy (non-hydrogen) atoms. The van der Waals surface area contributed by atoms with Crippen molar-refractivity contribution < 1.29 is 18.8 Å². The van der Waals surface area contributed by atoms with Crippen molar-refractivity contribution in [1.82, 2.24) is 9.88 Å². The van der Waals surface area contributed by atoms with Gasteiger partial charge in [-0.05, 0) is 36.8 Å². The molecule has 1 N–H and O–H groups in total. The Balaban J connectivity index is 1.36. The van der Waals surface area contributed by atoms with Gasteiger partial charge >= 0.3 is 0 Å². The largest absolute Gasteiger partial charge is 0.459 e. The molecule has 1 aliphatic carbocycles. The molecule has 0 bridgehead atoms. The Morgan fingerprint density at radius 2 is 2.04 bits per heavy atom. The first-order chi connectivity index (χ1) is 13.3. The summed E-state index contributed by atoms with van der Waals surface area (Å²) in [6.07, 6.45) is 3.92. The van der Waals surface area contributed by atoms with Crippen molar-refractivity contribution in [1.29, 1.82) is 0 Å². The number of anilines is 1. The number of rotatable bonds is 3. The maximum atomic E-state index is 12.6. The summed E-state index contributed by atoms with van der Waals surface area (Å²) in [5.41, 5.74) is 0.702. The third-order valence-electron chi connectivity index (χ3n) is 5.35. The molecule has 0 unspecified atom stereocenters. The molecule has 8 heteroatoms. The van der Waals surface area contributed by atoms with Gasteiger partial charge in [-0.15, -0.1) is 0 Å². The van der Waals surface area contributed by atoms with Crippen molar-refractivity contribution >= 4 is 34.1 Å². The number of nitrogens with one attached hydrogen (secondary N) is 1. The number of ketones is 1. The molecule has 1 aliphatic heterocycles. The quantitative estimate of drug-likeness (QED) is 0.851. The van der Waals surface area contributed by atoms with Gasteiger partial charge in [0.1, 0.15) is 0 Å². The number of Topliss-reactive ketones (excluding diaryl/α,β-unsaturated/α-hetero) is 1. The third-order valence-corrected chi connectivity index (χ3v) is 6.40. The average Bonchev–Trinajstić information content (AvgIpc) is 3.30. The second-order valence-electron chi connectivity index (χ2n) is 8.27. The highest BCUT2D eigenvalue weighted by atomic mass is 32.1. The number of hydrogen-bond acceptors (Lipinski definition) is 6. The number of furan rings is 1. The second kappa shape index (κ2) is 7.16. The summed E-state index contributed by atoms with van der Waals surface area (Å²) >= 11 is 1.27. The molecule has 0 aromatic carbocycles. The first kappa shape index (κ1) is 18.9. The lowest BCUT2D eigenvalue weighted by atomic mass is 9.78. The minimum absolute atomic E-state index is 0.0905. The van der Waals surface area contributed by atoms with E-state index in [1.54, 1.807) is 17.0 Å². The molecule has 2 aromatic heterocycles. The van der Waals surface area contributed by atoms with Crippen molar-refractivity contribution in [2.45, 2.75) is 39.5 Å². The number of piperidine rings is 1. The van der Waals surface area contributed by atoms with E-state index in [-0.39, 0.29) is 28.9 Å². The lowest BCUT2D eigenvalue weighted by Gasteiger charge is -2.30. The van der Waals surface area contributed by atoms with E-state index < -0.39 is 0 Å². The first-order valence-corrected chi connectivity index (χ1v) is 10.3. The first-order valence-electron chi connectivity index (χ1n) is 9.49. The molecule has 2 amide bonds. The van der Waals surface area contributed by atoms with E-state index in [9.17, 15) is 14.4 Å². The van der Waals surface area contributed by atoms with Crippen molar-refractivity contribution in [3.8, 4) is 0 Å². The minimum Gasteiger partial charge on any atom is -0.459 e. The Kier molecular flexibility index (Phi) is 4.82. The van der Waals surface area contributed by atoms with E-state index >= 15 is 0 Å². The van der Waals surface area contributed by atoms with E-state index in [4.69, 9.17) is 4.42 Å². The van der Waals surface area contributed by atoms with E-state index in [1.807, 2.05) is 0 Å². The van der Waals surface area contributed by atoms with Gasteiger partial charge in [-0.1, -0.05) is 25.2 Å². The number of thiazole rings is 1. The second-order valence-corrected chi connectivity index (χ2v) is 9.27. The van der Waals surface area contributed by atoms with E-state index in [2.05, 4.69) is 24.1 Å². The minimum atomic E-state index is -0.172. The number of hydrogen-bond donors (Lipinski definition) is 1. The van der Waals surface area contributed by atoms with Crippen molar-refractivity contribution in [2.24, 2.45) is 11.3 Å². The van der Waals surface area contributed by atoms with Crippen LogP contribution in [0.15, 0.2) is 22.8 Å². The van der Waals surface area contributed by atoms with Gasteiger partial charge < -0.3 is 14.6 Å². The predicted molar refractivity (Wildman–Crippen MR) is 105 cm³/mol. The summed E-state index contributed by atoms with van der Waals surface area (Å²) in [5, 5.41) is 3.38. The van der Waals surface area contributed by atoms with Gasteiger partial charge in [-0.3, -0.25) is 14.4 Å². The summed E-state index contributed by atoms with van der Waals surface area (Å²) in [6, 6.07) is 3.33. The Morgan fingerprint density at radius 3 is 2.71 bits per heavy atom. The molecule has 0 radical (unpaired) electrons. The summed E-state index contributed by atoms with van der Waals surface area (Å²) < 4.78 is 5.16. The zero-order valence-corrected chi connectivity index (χ0v) is 16.8. The molecular formula is C20H23N3O4S. The summed E-state index contributed by atoms with van der Waals surface area (Å²) in [5.74, 6) is 0.0204. The van der Waals surface area contributed by atoms with Crippen LogP contribution in [0.4, 0.5) is 5.13 Å². The van der Waals surface area contributed by atoms with Crippen LogP contribution in [0.1, 0.15) is 59.0 Å². The molecule has 1 saturated heterocycles. The van der Waals surface area contributed by atoms with Crippen LogP contribution in [0.25, 0.3) is 0 Å². The van der Waals surface area contributed by atoms with Gasteiger partial charge in [0.25, 0.3) is 5.91 Å². The van der Waals surface area contributed by atoms with Crippen LogP contribution in [0.2, 0.25) is 0 Å². The Bertz CT molecular complexity index is 908. The molecule has 0 spiro atoms. The fraction of sp³-hybridized carbons (Fsp3) is 0.500. The van der Waals surface area contributed by atoms with Crippen LogP contribution in [-0.4, -0.2) is 40.6 Å². The summed E-state index contributed by atoms with van der Waals surface area (Å²) in [6.45, 7) is 5.14. The van der Waals surface area contributed by atoms with Crippen LogP contribution in [0.3, 0.4) is 0 Å². The van der Waals surface area contributed by atoms with Crippen LogP contribution in [0.5, 0.6) is 0 Å². The normalized spacial score (nSPS) is 19.4. The fourth-order valence-electron chi connectivity index (χ4n) is 3.88. The molecule has 0 saturated carbocycles. The maximum absolute atomic E-state index is 12.6. The fourth-order valence-corrected chi connectivity index (χ4v) is 4.80. The monoisotopic (exact) mass is 401 g/mol. The zero-order chi connectivity index (χ0) is 19.9. The number of fused-ring (bicyclic) bond motifs is 1. The molecular weight excluding hydrogens is 378 g/mol. The summed E-state index contributed by atoms with van der Waals surface area (Å²) in [7, 11) is 0. The molecule has 0 atom stereocenters. The molecule has 148 valence electrons. The average molecular weight is 401 g/mol. The number of aromatic nitrogens is 1. The van der Waals surface area contributed by atoms with Crippen molar-refractivity contribution in [3.63, 3.8) is 0 Å². The van der Waals surface area contributed by atoms with E-state index in [1.165, 1.54) is 17.6 Å². The van der Waals surface area contributed by atoms with Crippen LogP contribution < -0.4 is 5.32 Å². The van der Waals surface area contributed by atoms with Crippen molar-refractivity contribution in [2.75, 3.05) is 18.4 Å². The molecule has 2 aromatic rings. The van der Waals surface area contributed by atoms with Crippen LogP contribution in [-0.2, 0) is 11.2 Å². The number of amides is 2. The number of carbonyl (C=O) groups excluding carboxylic acids is 3. The topological polar surface area (TPSA) is 92.5 Å². The van der Waals surface area contributed by atoms with Gasteiger partial charge in [-0.25, -0.2) is 4.98 Å².